The normalized spacial score (nSPS) is 15.7. The summed E-state index contributed by atoms with van der Waals surface area (Å²) in [6.07, 6.45) is 3.20. The Morgan fingerprint density at radius 2 is 1.77 bits per heavy atom. The number of carbonyl (C=O) groups excluding carboxylic acids is 2. The molecular formula is C18H27N3O4S. The Bertz CT molecular complexity index is 723. The lowest BCUT2D eigenvalue weighted by Crippen LogP contribution is -2.37. The van der Waals surface area contributed by atoms with E-state index in [1.807, 2.05) is 4.90 Å². The fraction of sp³-hybridized carbons (Fsp3) is 0.556. The van der Waals surface area contributed by atoms with Crippen molar-refractivity contribution >= 4 is 21.8 Å². The molecule has 8 heteroatoms. The second-order valence-corrected chi connectivity index (χ2v) is 8.50. The number of nitrogens with zero attached hydrogens (tertiary/aromatic N) is 1. The van der Waals surface area contributed by atoms with Gasteiger partial charge in [-0.3, -0.25) is 9.59 Å². The molecule has 0 atom stereocenters. The molecule has 144 valence electrons. The molecule has 1 aliphatic heterocycles. The van der Waals surface area contributed by atoms with Gasteiger partial charge in [-0.05, 0) is 49.9 Å². The Kier molecular flexibility index (Phi) is 7.16. The van der Waals surface area contributed by atoms with Crippen LogP contribution in [0.1, 0.15) is 38.2 Å². The van der Waals surface area contributed by atoms with Gasteiger partial charge in [0.2, 0.25) is 21.8 Å². The first-order valence-corrected chi connectivity index (χ1v) is 10.3. The van der Waals surface area contributed by atoms with Crippen LogP contribution in [0.25, 0.3) is 0 Å². The summed E-state index contributed by atoms with van der Waals surface area (Å²) in [5, 5.41) is 2.87. The van der Waals surface area contributed by atoms with Gasteiger partial charge in [-0.1, -0.05) is 12.1 Å². The zero-order valence-electron chi connectivity index (χ0n) is 15.3. The van der Waals surface area contributed by atoms with Crippen LogP contribution in [-0.4, -0.2) is 45.3 Å². The molecule has 0 radical (unpaired) electrons. The van der Waals surface area contributed by atoms with Crippen molar-refractivity contribution in [2.45, 2.75) is 44.0 Å². The van der Waals surface area contributed by atoms with E-state index >= 15 is 0 Å². The first-order chi connectivity index (χ1) is 12.3. The summed E-state index contributed by atoms with van der Waals surface area (Å²) in [4.78, 5) is 25.4. The second-order valence-electron chi connectivity index (χ2n) is 6.62. The fourth-order valence-corrected chi connectivity index (χ4v) is 3.80. The minimum Gasteiger partial charge on any atom is -0.352 e. The van der Waals surface area contributed by atoms with Gasteiger partial charge in [0.25, 0.3) is 0 Å². The van der Waals surface area contributed by atoms with Gasteiger partial charge in [-0.25, -0.2) is 13.1 Å². The van der Waals surface area contributed by atoms with Gasteiger partial charge >= 0.3 is 0 Å². The Morgan fingerprint density at radius 1 is 1.15 bits per heavy atom. The Labute approximate surface area is 155 Å². The van der Waals surface area contributed by atoms with Gasteiger partial charge in [-0.2, -0.15) is 0 Å². The van der Waals surface area contributed by atoms with E-state index in [9.17, 15) is 18.0 Å². The minimum absolute atomic E-state index is 0.00841. The molecule has 0 bridgehead atoms. The highest BCUT2D eigenvalue weighted by Crippen LogP contribution is 2.21. The Morgan fingerprint density at radius 3 is 2.31 bits per heavy atom. The number of amides is 2. The quantitative estimate of drug-likeness (QED) is 0.743. The molecule has 2 rings (SSSR count). The SMILES string of the molecule is CNS(=O)(=O)c1ccc(CNC(=O)CCC2CCN(C(C)=O)CC2)cc1. The Hall–Kier alpha value is -1.93. The molecule has 2 amide bonds. The van der Waals surface area contributed by atoms with Crippen molar-refractivity contribution in [1.29, 1.82) is 0 Å². The van der Waals surface area contributed by atoms with Gasteiger partial charge in [0.15, 0.2) is 0 Å². The van der Waals surface area contributed by atoms with Crippen LogP contribution in [0.5, 0.6) is 0 Å². The zero-order chi connectivity index (χ0) is 19.2. The summed E-state index contributed by atoms with van der Waals surface area (Å²) in [6.45, 7) is 3.53. The highest BCUT2D eigenvalue weighted by molar-refractivity contribution is 7.89. The van der Waals surface area contributed by atoms with Crippen molar-refractivity contribution in [1.82, 2.24) is 14.9 Å². The molecule has 1 aromatic rings. The third kappa shape index (κ3) is 5.81. The fourth-order valence-electron chi connectivity index (χ4n) is 3.07. The standard InChI is InChI=1S/C18H27N3O4S/c1-14(22)21-11-9-15(10-12-21)5-8-18(23)20-13-16-3-6-17(7-4-16)26(24,25)19-2/h3-4,6-7,15,19H,5,8-13H2,1-2H3,(H,20,23). The predicted octanol–water partition coefficient (Wildman–Crippen LogP) is 1.25. The molecule has 1 aliphatic rings. The number of sulfonamides is 1. The molecular weight excluding hydrogens is 354 g/mol. The first-order valence-electron chi connectivity index (χ1n) is 8.86. The monoisotopic (exact) mass is 381 g/mol. The third-order valence-electron chi connectivity index (χ3n) is 4.83. The zero-order valence-corrected chi connectivity index (χ0v) is 16.1. The molecule has 1 heterocycles. The van der Waals surface area contributed by atoms with Crippen LogP contribution in [0.15, 0.2) is 29.2 Å². The maximum atomic E-state index is 12.0. The summed E-state index contributed by atoms with van der Waals surface area (Å²) in [5.41, 5.74) is 0.850. The molecule has 0 saturated carbocycles. The molecule has 1 saturated heterocycles. The highest BCUT2D eigenvalue weighted by atomic mass is 32.2. The van der Waals surface area contributed by atoms with Crippen LogP contribution in [0.3, 0.4) is 0 Å². The van der Waals surface area contributed by atoms with Crippen LogP contribution in [0.2, 0.25) is 0 Å². The highest BCUT2D eigenvalue weighted by Gasteiger charge is 2.21. The molecule has 1 fully saturated rings. The van der Waals surface area contributed by atoms with E-state index in [0.29, 0.717) is 18.9 Å². The molecule has 0 spiro atoms. The predicted molar refractivity (Wildman–Crippen MR) is 98.7 cm³/mol. The lowest BCUT2D eigenvalue weighted by Gasteiger charge is -2.31. The number of rotatable bonds is 7. The van der Waals surface area contributed by atoms with Crippen molar-refractivity contribution in [2.24, 2.45) is 5.92 Å². The molecule has 1 aromatic carbocycles. The van der Waals surface area contributed by atoms with E-state index < -0.39 is 10.0 Å². The first kappa shape index (κ1) is 20.4. The van der Waals surface area contributed by atoms with Crippen molar-refractivity contribution in [3.8, 4) is 0 Å². The average Bonchev–Trinajstić information content (AvgIpc) is 2.65. The molecule has 2 N–H and O–H groups in total. The topological polar surface area (TPSA) is 95.6 Å². The van der Waals surface area contributed by atoms with Crippen molar-refractivity contribution < 1.29 is 18.0 Å². The summed E-state index contributed by atoms with van der Waals surface area (Å²) < 4.78 is 25.6. The number of hydrogen-bond acceptors (Lipinski definition) is 4. The largest absolute Gasteiger partial charge is 0.352 e. The summed E-state index contributed by atoms with van der Waals surface area (Å²) in [7, 11) is -2.07. The van der Waals surface area contributed by atoms with Gasteiger partial charge in [0, 0.05) is 33.0 Å². The second kappa shape index (κ2) is 9.14. The van der Waals surface area contributed by atoms with Crippen LogP contribution in [0, 0.1) is 5.92 Å². The van der Waals surface area contributed by atoms with Gasteiger partial charge in [-0.15, -0.1) is 0 Å². The molecule has 7 nitrogen and oxygen atoms in total. The van der Waals surface area contributed by atoms with Crippen molar-refractivity contribution in [2.75, 3.05) is 20.1 Å². The average molecular weight is 381 g/mol. The van der Waals surface area contributed by atoms with E-state index in [0.717, 1.165) is 37.9 Å². The lowest BCUT2D eigenvalue weighted by molar-refractivity contribution is -0.130. The summed E-state index contributed by atoms with van der Waals surface area (Å²) in [5.74, 6) is 0.600. The van der Waals surface area contributed by atoms with Gasteiger partial charge in [0.1, 0.15) is 0 Å². The number of carbonyl (C=O) groups is 2. The van der Waals surface area contributed by atoms with Crippen LogP contribution < -0.4 is 10.0 Å². The van der Waals surface area contributed by atoms with E-state index in [-0.39, 0.29) is 16.7 Å². The van der Waals surface area contributed by atoms with E-state index in [1.165, 1.54) is 19.2 Å². The van der Waals surface area contributed by atoms with Crippen LogP contribution >= 0.6 is 0 Å². The van der Waals surface area contributed by atoms with E-state index in [1.54, 1.807) is 19.1 Å². The third-order valence-corrected chi connectivity index (χ3v) is 6.26. The molecule has 0 aliphatic carbocycles. The Balaban J connectivity index is 1.71. The smallest absolute Gasteiger partial charge is 0.240 e. The minimum atomic E-state index is -3.44. The van der Waals surface area contributed by atoms with Crippen LogP contribution in [0.4, 0.5) is 0 Å². The van der Waals surface area contributed by atoms with E-state index in [4.69, 9.17) is 0 Å². The van der Waals surface area contributed by atoms with Gasteiger partial charge < -0.3 is 10.2 Å². The molecule has 26 heavy (non-hydrogen) atoms. The molecule has 0 aromatic heterocycles. The lowest BCUT2D eigenvalue weighted by atomic mass is 9.92. The number of nitrogens with one attached hydrogen (secondary N) is 2. The summed E-state index contributed by atoms with van der Waals surface area (Å²) in [6, 6.07) is 6.44. The number of hydrogen-bond donors (Lipinski definition) is 2. The molecule has 0 unspecified atom stereocenters. The van der Waals surface area contributed by atoms with E-state index in [2.05, 4.69) is 10.0 Å². The van der Waals surface area contributed by atoms with Crippen molar-refractivity contribution in [3.63, 3.8) is 0 Å². The van der Waals surface area contributed by atoms with Crippen molar-refractivity contribution in [3.05, 3.63) is 29.8 Å². The van der Waals surface area contributed by atoms with Crippen LogP contribution in [-0.2, 0) is 26.2 Å². The maximum absolute atomic E-state index is 12.0. The van der Waals surface area contributed by atoms with Gasteiger partial charge in [0.05, 0.1) is 4.90 Å². The number of likely N-dealkylation sites (tertiary alicyclic amines) is 1. The number of piperidine rings is 1. The summed E-state index contributed by atoms with van der Waals surface area (Å²) >= 11 is 0. The maximum Gasteiger partial charge on any atom is 0.240 e. The number of benzene rings is 1.